The Morgan fingerprint density at radius 2 is 1.94 bits per heavy atom. The molecule has 1 unspecified atom stereocenters. The fourth-order valence-corrected chi connectivity index (χ4v) is 2.29. The van der Waals surface area contributed by atoms with Crippen molar-refractivity contribution in [2.45, 2.75) is 39.5 Å². The van der Waals surface area contributed by atoms with Crippen molar-refractivity contribution in [2.75, 3.05) is 19.6 Å². The molecule has 0 radical (unpaired) electrons. The lowest BCUT2D eigenvalue weighted by atomic mass is 9.80. The van der Waals surface area contributed by atoms with Crippen molar-refractivity contribution in [3.63, 3.8) is 0 Å². The van der Waals surface area contributed by atoms with Crippen molar-refractivity contribution < 1.29 is 14.7 Å². The van der Waals surface area contributed by atoms with E-state index in [1.807, 2.05) is 6.92 Å². The van der Waals surface area contributed by atoms with Gasteiger partial charge in [0, 0.05) is 19.0 Å². The maximum atomic E-state index is 12.1. The maximum absolute atomic E-state index is 12.1. The van der Waals surface area contributed by atoms with Crippen LogP contribution in [0.25, 0.3) is 0 Å². The zero-order valence-electron chi connectivity index (χ0n) is 11.3. The van der Waals surface area contributed by atoms with Crippen molar-refractivity contribution >= 4 is 11.9 Å². The van der Waals surface area contributed by atoms with E-state index in [0.717, 1.165) is 12.8 Å². The van der Waals surface area contributed by atoms with Gasteiger partial charge in [0.05, 0.1) is 5.41 Å². The SMILES string of the molecule is CC(CCCN)C(=O)N1CCC(C)(C(=O)O)CC1. The van der Waals surface area contributed by atoms with Gasteiger partial charge in [0.2, 0.25) is 5.91 Å². The lowest BCUT2D eigenvalue weighted by molar-refractivity contribution is -0.153. The van der Waals surface area contributed by atoms with Crippen LogP contribution in [0.5, 0.6) is 0 Å². The van der Waals surface area contributed by atoms with E-state index in [9.17, 15) is 9.59 Å². The van der Waals surface area contributed by atoms with Gasteiger partial charge in [-0.1, -0.05) is 6.92 Å². The molecule has 0 aliphatic carbocycles. The first kappa shape index (κ1) is 15.0. The number of carbonyl (C=O) groups excluding carboxylic acids is 1. The number of likely N-dealkylation sites (tertiary alicyclic amines) is 1. The van der Waals surface area contributed by atoms with Gasteiger partial charge in [-0.05, 0) is 39.2 Å². The van der Waals surface area contributed by atoms with Gasteiger partial charge in [0.1, 0.15) is 0 Å². The molecule has 0 saturated carbocycles. The van der Waals surface area contributed by atoms with Crippen LogP contribution in [0.15, 0.2) is 0 Å². The first-order valence-electron chi connectivity index (χ1n) is 6.63. The van der Waals surface area contributed by atoms with Crippen molar-refractivity contribution in [3.05, 3.63) is 0 Å². The number of amides is 1. The number of carbonyl (C=O) groups is 2. The van der Waals surface area contributed by atoms with Crippen LogP contribution in [-0.2, 0) is 9.59 Å². The smallest absolute Gasteiger partial charge is 0.309 e. The predicted molar refractivity (Wildman–Crippen MR) is 69.0 cm³/mol. The molecule has 18 heavy (non-hydrogen) atoms. The summed E-state index contributed by atoms with van der Waals surface area (Å²) in [5, 5.41) is 9.13. The summed E-state index contributed by atoms with van der Waals surface area (Å²) in [6, 6.07) is 0. The van der Waals surface area contributed by atoms with Gasteiger partial charge in [-0.15, -0.1) is 0 Å². The van der Waals surface area contributed by atoms with Gasteiger partial charge in [0.15, 0.2) is 0 Å². The summed E-state index contributed by atoms with van der Waals surface area (Å²) in [6.45, 7) is 5.38. The summed E-state index contributed by atoms with van der Waals surface area (Å²) in [5.74, 6) is -0.635. The minimum atomic E-state index is -0.759. The second kappa shape index (κ2) is 6.18. The lowest BCUT2D eigenvalue weighted by Crippen LogP contribution is -2.46. The van der Waals surface area contributed by atoms with Gasteiger partial charge in [0.25, 0.3) is 0 Å². The van der Waals surface area contributed by atoms with E-state index in [2.05, 4.69) is 0 Å². The van der Waals surface area contributed by atoms with Crippen LogP contribution >= 0.6 is 0 Å². The largest absolute Gasteiger partial charge is 0.481 e. The number of rotatable bonds is 5. The van der Waals surface area contributed by atoms with Crippen LogP contribution in [0, 0.1) is 11.3 Å². The van der Waals surface area contributed by atoms with Crippen molar-refractivity contribution in [1.29, 1.82) is 0 Å². The highest BCUT2D eigenvalue weighted by atomic mass is 16.4. The summed E-state index contributed by atoms with van der Waals surface area (Å²) in [6.07, 6.45) is 2.74. The molecule has 1 atom stereocenters. The fourth-order valence-electron chi connectivity index (χ4n) is 2.29. The first-order valence-corrected chi connectivity index (χ1v) is 6.63. The van der Waals surface area contributed by atoms with E-state index in [1.165, 1.54) is 0 Å². The van der Waals surface area contributed by atoms with Crippen molar-refractivity contribution in [1.82, 2.24) is 4.90 Å². The quantitative estimate of drug-likeness (QED) is 0.771. The monoisotopic (exact) mass is 256 g/mol. The number of carboxylic acids is 1. The average Bonchev–Trinajstić information content (AvgIpc) is 2.35. The molecule has 1 rings (SSSR count). The number of hydrogen-bond acceptors (Lipinski definition) is 3. The number of piperidine rings is 1. The Hall–Kier alpha value is -1.10. The van der Waals surface area contributed by atoms with Crippen LogP contribution < -0.4 is 5.73 Å². The Kier molecular flexibility index (Phi) is 5.14. The van der Waals surface area contributed by atoms with E-state index in [-0.39, 0.29) is 11.8 Å². The minimum Gasteiger partial charge on any atom is -0.481 e. The third-order valence-electron chi connectivity index (χ3n) is 3.96. The summed E-state index contributed by atoms with van der Waals surface area (Å²) in [4.78, 5) is 25.0. The van der Waals surface area contributed by atoms with Gasteiger partial charge >= 0.3 is 5.97 Å². The van der Waals surface area contributed by atoms with E-state index in [4.69, 9.17) is 10.8 Å². The molecule has 3 N–H and O–H groups in total. The molecule has 1 saturated heterocycles. The van der Waals surface area contributed by atoms with Crippen LogP contribution in [-0.4, -0.2) is 41.5 Å². The Labute approximate surface area is 108 Å². The number of nitrogens with two attached hydrogens (primary N) is 1. The zero-order chi connectivity index (χ0) is 13.8. The van der Waals surface area contributed by atoms with E-state index < -0.39 is 11.4 Å². The van der Waals surface area contributed by atoms with Crippen molar-refractivity contribution in [3.8, 4) is 0 Å². The first-order chi connectivity index (χ1) is 8.40. The predicted octanol–water partition coefficient (Wildman–Crippen LogP) is 1.07. The summed E-state index contributed by atoms with van der Waals surface area (Å²) in [5.41, 5.74) is 4.76. The molecule has 5 nitrogen and oxygen atoms in total. The fraction of sp³-hybridized carbons (Fsp3) is 0.846. The van der Waals surface area contributed by atoms with E-state index in [1.54, 1.807) is 11.8 Å². The molecule has 0 aromatic carbocycles. The van der Waals surface area contributed by atoms with Gasteiger partial charge in [-0.2, -0.15) is 0 Å². The summed E-state index contributed by atoms with van der Waals surface area (Å²) in [7, 11) is 0. The summed E-state index contributed by atoms with van der Waals surface area (Å²) >= 11 is 0. The molecule has 1 aliphatic rings. The summed E-state index contributed by atoms with van der Waals surface area (Å²) < 4.78 is 0. The molecule has 0 bridgehead atoms. The van der Waals surface area contributed by atoms with Crippen LogP contribution in [0.2, 0.25) is 0 Å². The highest BCUT2D eigenvalue weighted by Gasteiger charge is 2.38. The molecule has 1 amide bonds. The average molecular weight is 256 g/mol. The molecule has 0 spiro atoms. The molecular weight excluding hydrogens is 232 g/mol. The Morgan fingerprint density at radius 1 is 1.39 bits per heavy atom. The van der Waals surface area contributed by atoms with E-state index in [0.29, 0.717) is 32.5 Å². The standard InChI is InChI=1S/C13H24N2O3/c1-10(4-3-7-14)11(16)15-8-5-13(2,6-9-15)12(17)18/h10H,3-9,14H2,1-2H3,(H,17,18). The minimum absolute atomic E-state index is 0.0114. The normalized spacial score (nSPS) is 20.5. The highest BCUT2D eigenvalue weighted by molar-refractivity contribution is 5.79. The molecule has 0 aromatic heterocycles. The Morgan fingerprint density at radius 3 is 2.39 bits per heavy atom. The van der Waals surface area contributed by atoms with Gasteiger partial charge in [-0.3, -0.25) is 9.59 Å². The molecule has 0 aromatic rings. The number of nitrogens with zero attached hydrogens (tertiary/aromatic N) is 1. The van der Waals surface area contributed by atoms with Gasteiger partial charge in [-0.25, -0.2) is 0 Å². The molecule has 5 heteroatoms. The number of hydrogen-bond donors (Lipinski definition) is 2. The zero-order valence-corrected chi connectivity index (χ0v) is 11.3. The van der Waals surface area contributed by atoms with Gasteiger partial charge < -0.3 is 15.7 Å². The Balaban J connectivity index is 2.47. The third-order valence-corrected chi connectivity index (χ3v) is 3.96. The molecule has 1 fully saturated rings. The Bertz CT molecular complexity index is 309. The van der Waals surface area contributed by atoms with E-state index >= 15 is 0 Å². The molecule has 1 aliphatic heterocycles. The number of carboxylic acid groups (broad SMARTS) is 1. The van der Waals surface area contributed by atoms with Crippen LogP contribution in [0.1, 0.15) is 39.5 Å². The second-order valence-corrected chi connectivity index (χ2v) is 5.52. The topological polar surface area (TPSA) is 83.6 Å². The molecule has 104 valence electrons. The van der Waals surface area contributed by atoms with Crippen LogP contribution in [0.4, 0.5) is 0 Å². The molecular formula is C13H24N2O3. The lowest BCUT2D eigenvalue weighted by Gasteiger charge is -2.37. The van der Waals surface area contributed by atoms with Crippen molar-refractivity contribution in [2.24, 2.45) is 17.1 Å². The third kappa shape index (κ3) is 3.45. The molecule has 1 heterocycles. The second-order valence-electron chi connectivity index (χ2n) is 5.52. The highest BCUT2D eigenvalue weighted by Crippen LogP contribution is 2.31. The maximum Gasteiger partial charge on any atom is 0.309 e. The van der Waals surface area contributed by atoms with Crippen LogP contribution in [0.3, 0.4) is 0 Å². The number of aliphatic carboxylic acids is 1.